The summed E-state index contributed by atoms with van der Waals surface area (Å²) >= 11 is 0. The van der Waals surface area contributed by atoms with Gasteiger partial charge < -0.3 is 20.0 Å². The number of carbonyl (C=O) groups excluding carboxylic acids is 3. The Morgan fingerprint density at radius 2 is 2.04 bits per heavy atom. The van der Waals surface area contributed by atoms with Gasteiger partial charge in [0.15, 0.2) is 0 Å². The number of pyridine rings is 1. The van der Waals surface area contributed by atoms with Crippen LogP contribution in [-0.2, 0) is 16.0 Å². The summed E-state index contributed by atoms with van der Waals surface area (Å²) < 4.78 is 9.81. The summed E-state index contributed by atoms with van der Waals surface area (Å²) in [4.78, 5) is 40.1. The van der Waals surface area contributed by atoms with Gasteiger partial charge in [0.05, 0.1) is 18.2 Å². The van der Waals surface area contributed by atoms with E-state index in [0.717, 1.165) is 6.26 Å². The van der Waals surface area contributed by atoms with Crippen LogP contribution in [0.5, 0.6) is 0 Å². The number of hydrogen-bond acceptors (Lipinski definition) is 7. The first-order chi connectivity index (χ1) is 12.6. The molecule has 9 heteroatoms. The molecule has 2 amide bonds. The van der Waals surface area contributed by atoms with Gasteiger partial charge in [0.25, 0.3) is 11.8 Å². The van der Waals surface area contributed by atoms with E-state index in [4.69, 9.17) is 14.7 Å². The summed E-state index contributed by atoms with van der Waals surface area (Å²) in [6.45, 7) is 0. The zero-order valence-electron chi connectivity index (χ0n) is 13.4. The summed E-state index contributed by atoms with van der Waals surface area (Å²) in [6.07, 6.45) is 5.56. The maximum absolute atomic E-state index is 12.6. The van der Waals surface area contributed by atoms with Gasteiger partial charge in [-0.3, -0.25) is 19.4 Å². The van der Waals surface area contributed by atoms with Crippen LogP contribution in [0.2, 0.25) is 0 Å². The minimum Gasteiger partial charge on any atom is -0.472 e. The van der Waals surface area contributed by atoms with Crippen molar-refractivity contribution >= 4 is 17.6 Å². The number of primary amides is 1. The molecule has 3 aromatic heterocycles. The topological polar surface area (TPSA) is 141 Å². The number of hydrogen-bond donors (Lipinski definition) is 2. The Kier molecular flexibility index (Phi) is 4.88. The van der Waals surface area contributed by atoms with Crippen LogP contribution in [0.15, 0.2) is 58.2 Å². The van der Waals surface area contributed by atoms with Crippen LogP contribution in [-0.4, -0.2) is 33.8 Å². The molecule has 0 saturated heterocycles. The Balaban J connectivity index is 1.83. The Morgan fingerprint density at radius 1 is 1.19 bits per heavy atom. The summed E-state index contributed by atoms with van der Waals surface area (Å²) in [5, 5.41) is 6.27. The summed E-state index contributed by atoms with van der Waals surface area (Å²) in [7, 11) is 0. The van der Waals surface area contributed by atoms with Crippen LogP contribution >= 0.6 is 0 Å². The van der Waals surface area contributed by atoms with E-state index in [2.05, 4.69) is 15.5 Å². The Bertz CT molecular complexity index is 918. The van der Waals surface area contributed by atoms with Crippen LogP contribution in [0.25, 0.3) is 11.4 Å². The van der Waals surface area contributed by atoms with Gasteiger partial charge >= 0.3 is 0 Å². The standard InChI is InChI=1S/C17H14N4O5/c18-16(23)15(22)13(7-10-4-6-25-8-10)20-17(24)11-9-26-21-14(11)12-3-1-2-5-19-12/h1-6,8-9,13H,7H2,(H2,18,23)(H,20,24). The molecular formula is C17H14N4O5. The summed E-state index contributed by atoms with van der Waals surface area (Å²) in [5.41, 5.74) is 6.43. The van der Waals surface area contributed by atoms with Gasteiger partial charge in [0.1, 0.15) is 23.6 Å². The van der Waals surface area contributed by atoms with Gasteiger partial charge in [-0.1, -0.05) is 11.2 Å². The highest BCUT2D eigenvalue weighted by molar-refractivity contribution is 6.38. The van der Waals surface area contributed by atoms with Crippen molar-refractivity contribution in [2.24, 2.45) is 5.73 Å². The van der Waals surface area contributed by atoms with Gasteiger partial charge in [0, 0.05) is 12.6 Å². The molecule has 0 saturated carbocycles. The average molecular weight is 354 g/mol. The zero-order chi connectivity index (χ0) is 18.5. The number of carbonyl (C=O) groups is 3. The van der Waals surface area contributed by atoms with Crippen molar-refractivity contribution in [3.05, 3.63) is 60.4 Å². The van der Waals surface area contributed by atoms with E-state index >= 15 is 0 Å². The number of nitrogens with two attached hydrogens (primary N) is 1. The lowest BCUT2D eigenvalue weighted by Crippen LogP contribution is -2.47. The van der Waals surface area contributed by atoms with Crippen LogP contribution in [0.1, 0.15) is 15.9 Å². The van der Waals surface area contributed by atoms with Crippen molar-refractivity contribution in [2.75, 3.05) is 0 Å². The number of ketones is 1. The molecule has 132 valence electrons. The molecule has 3 rings (SSSR count). The highest BCUT2D eigenvalue weighted by Crippen LogP contribution is 2.19. The molecule has 3 aromatic rings. The SMILES string of the molecule is NC(=O)C(=O)C(Cc1ccoc1)NC(=O)c1conc1-c1ccccn1. The van der Waals surface area contributed by atoms with Crippen molar-refractivity contribution in [2.45, 2.75) is 12.5 Å². The molecule has 0 radical (unpaired) electrons. The molecule has 3 heterocycles. The molecule has 3 N–H and O–H groups in total. The molecule has 0 aliphatic rings. The third-order valence-electron chi connectivity index (χ3n) is 3.61. The first-order valence-electron chi connectivity index (χ1n) is 7.57. The highest BCUT2D eigenvalue weighted by Gasteiger charge is 2.28. The Morgan fingerprint density at radius 3 is 2.69 bits per heavy atom. The van der Waals surface area contributed by atoms with E-state index < -0.39 is 23.6 Å². The van der Waals surface area contributed by atoms with E-state index in [1.165, 1.54) is 12.5 Å². The molecule has 9 nitrogen and oxygen atoms in total. The molecule has 26 heavy (non-hydrogen) atoms. The maximum Gasteiger partial charge on any atom is 0.287 e. The van der Waals surface area contributed by atoms with Crippen LogP contribution in [0.3, 0.4) is 0 Å². The predicted octanol–water partition coefficient (Wildman–Crippen LogP) is 0.725. The highest BCUT2D eigenvalue weighted by atomic mass is 16.5. The molecule has 0 spiro atoms. The van der Waals surface area contributed by atoms with E-state index in [-0.39, 0.29) is 17.7 Å². The van der Waals surface area contributed by atoms with Gasteiger partial charge in [-0.25, -0.2) is 0 Å². The zero-order valence-corrected chi connectivity index (χ0v) is 13.4. The van der Waals surface area contributed by atoms with Crippen LogP contribution in [0, 0.1) is 0 Å². The minimum atomic E-state index is -1.15. The Labute approximate surface area is 147 Å². The number of furan rings is 1. The first-order valence-corrected chi connectivity index (χ1v) is 7.57. The van der Waals surface area contributed by atoms with E-state index in [1.807, 2.05) is 0 Å². The maximum atomic E-state index is 12.6. The monoisotopic (exact) mass is 354 g/mol. The number of nitrogens with zero attached hydrogens (tertiary/aromatic N) is 2. The fraction of sp³-hybridized carbons (Fsp3) is 0.118. The van der Waals surface area contributed by atoms with Gasteiger partial charge in [-0.15, -0.1) is 0 Å². The lowest BCUT2D eigenvalue weighted by Gasteiger charge is -2.15. The van der Waals surface area contributed by atoms with Crippen molar-refractivity contribution in [3.63, 3.8) is 0 Å². The van der Waals surface area contributed by atoms with Gasteiger partial charge in [-0.2, -0.15) is 0 Å². The molecule has 0 aliphatic heterocycles. The lowest BCUT2D eigenvalue weighted by atomic mass is 10.0. The molecule has 0 aliphatic carbocycles. The number of amides is 2. The van der Waals surface area contributed by atoms with Gasteiger partial charge in [-0.05, 0) is 23.8 Å². The quantitative estimate of drug-likeness (QED) is 0.595. The third kappa shape index (κ3) is 3.66. The van der Waals surface area contributed by atoms with Crippen LogP contribution in [0.4, 0.5) is 0 Å². The van der Waals surface area contributed by atoms with Gasteiger partial charge in [0.2, 0.25) is 5.78 Å². The smallest absolute Gasteiger partial charge is 0.287 e. The molecule has 1 unspecified atom stereocenters. The fourth-order valence-electron chi connectivity index (χ4n) is 2.35. The summed E-state index contributed by atoms with van der Waals surface area (Å²) in [6, 6.07) is 5.58. The van der Waals surface area contributed by atoms with Crippen molar-refractivity contribution < 1.29 is 23.3 Å². The van der Waals surface area contributed by atoms with E-state index in [1.54, 1.807) is 30.5 Å². The lowest BCUT2D eigenvalue weighted by molar-refractivity contribution is -0.137. The molecule has 0 aromatic carbocycles. The first kappa shape index (κ1) is 17.1. The van der Waals surface area contributed by atoms with Crippen molar-refractivity contribution in [1.82, 2.24) is 15.5 Å². The molecule has 1 atom stereocenters. The summed E-state index contributed by atoms with van der Waals surface area (Å²) in [5.74, 6) is -2.71. The van der Waals surface area contributed by atoms with Crippen molar-refractivity contribution in [3.8, 4) is 11.4 Å². The molecular weight excluding hydrogens is 340 g/mol. The van der Waals surface area contributed by atoms with Crippen molar-refractivity contribution in [1.29, 1.82) is 0 Å². The number of nitrogens with one attached hydrogen (secondary N) is 1. The minimum absolute atomic E-state index is 0.0498. The average Bonchev–Trinajstić information content (AvgIpc) is 3.32. The number of aromatic nitrogens is 2. The largest absolute Gasteiger partial charge is 0.472 e. The third-order valence-corrected chi connectivity index (χ3v) is 3.61. The second kappa shape index (κ2) is 7.43. The van der Waals surface area contributed by atoms with E-state index in [9.17, 15) is 14.4 Å². The fourth-order valence-corrected chi connectivity index (χ4v) is 2.35. The normalized spacial score (nSPS) is 11.7. The number of rotatable bonds is 7. The predicted molar refractivity (Wildman–Crippen MR) is 87.6 cm³/mol. The molecule has 0 bridgehead atoms. The Hall–Kier alpha value is -3.75. The second-order valence-electron chi connectivity index (χ2n) is 5.38. The molecule has 0 fully saturated rings. The van der Waals surface area contributed by atoms with E-state index in [0.29, 0.717) is 11.3 Å². The second-order valence-corrected chi connectivity index (χ2v) is 5.38. The number of Topliss-reactive ketones (excluding diaryl/α,β-unsaturated/α-hetero) is 1. The van der Waals surface area contributed by atoms with Crippen LogP contribution < -0.4 is 11.1 Å².